The van der Waals surface area contributed by atoms with Gasteiger partial charge < -0.3 is 14.6 Å². The van der Waals surface area contributed by atoms with Crippen molar-refractivity contribution in [3.63, 3.8) is 0 Å². The van der Waals surface area contributed by atoms with Crippen LogP contribution in [0.15, 0.2) is 27.6 Å². The van der Waals surface area contributed by atoms with Crippen LogP contribution < -0.4 is 0 Å². The van der Waals surface area contributed by atoms with Crippen LogP contribution in [0.25, 0.3) is 0 Å². The summed E-state index contributed by atoms with van der Waals surface area (Å²) >= 11 is 3.26. The van der Waals surface area contributed by atoms with E-state index in [1.807, 2.05) is 0 Å². The van der Waals surface area contributed by atoms with Gasteiger partial charge in [0.2, 0.25) is 0 Å². The van der Waals surface area contributed by atoms with Crippen LogP contribution in [0.3, 0.4) is 0 Å². The van der Waals surface area contributed by atoms with Crippen LogP contribution in [0.4, 0.5) is 0 Å². The van der Waals surface area contributed by atoms with Crippen molar-refractivity contribution in [2.24, 2.45) is 0 Å². The molecule has 1 unspecified atom stereocenters. The van der Waals surface area contributed by atoms with Gasteiger partial charge >= 0.3 is 5.97 Å². The third-order valence-corrected chi connectivity index (χ3v) is 4.45. The molecule has 1 rings (SSSR count). The zero-order valence-electron chi connectivity index (χ0n) is 11.1. The van der Waals surface area contributed by atoms with Crippen molar-refractivity contribution < 1.29 is 23.6 Å². The summed E-state index contributed by atoms with van der Waals surface area (Å²) in [7, 11) is 0.241. The Morgan fingerprint density at radius 3 is 2.75 bits per heavy atom. The van der Waals surface area contributed by atoms with Crippen molar-refractivity contribution in [2.45, 2.75) is 11.3 Å². The second-order valence-corrected chi connectivity index (χ2v) is 6.41. The van der Waals surface area contributed by atoms with E-state index in [1.165, 1.54) is 6.07 Å². The SMILES string of the molecule is COCCOCCCS(=O)c1cc(Br)ccc1C(=O)O. The Labute approximate surface area is 128 Å². The molecule has 7 heteroatoms. The molecule has 1 aromatic carbocycles. The van der Waals surface area contributed by atoms with E-state index in [0.29, 0.717) is 41.4 Å². The highest BCUT2D eigenvalue weighted by Crippen LogP contribution is 2.20. The summed E-state index contributed by atoms with van der Waals surface area (Å²) in [6.45, 7) is 1.50. The highest BCUT2D eigenvalue weighted by molar-refractivity contribution is 9.10. The Kier molecular flexibility index (Phi) is 7.98. The maximum Gasteiger partial charge on any atom is 0.336 e. The second kappa shape index (κ2) is 9.23. The van der Waals surface area contributed by atoms with Crippen LogP contribution in [0, 0.1) is 0 Å². The van der Waals surface area contributed by atoms with E-state index in [4.69, 9.17) is 14.6 Å². The number of rotatable bonds is 9. The van der Waals surface area contributed by atoms with Gasteiger partial charge in [-0.2, -0.15) is 0 Å². The summed E-state index contributed by atoms with van der Waals surface area (Å²) in [4.78, 5) is 11.4. The van der Waals surface area contributed by atoms with Crippen LogP contribution >= 0.6 is 15.9 Å². The minimum Gasteiger partial charge on any atom is -0.478 e. The van der Waals surface area contributed by atoms with Crippen LogP contribution in [0.5, 0.6) is 0 Å². The quantitative estimate of drug-likeness (QED) is 0.680. The number of carboxylic acid groups (broad SMARTS) is 1. The minimum atomic E-state index is -1.36. The van der Waals surface area contributed by atoms with Gasteiger partial charge in [-0.25, -0.2) is 4.79 Å². The number of carbonyl (C=O) groups is 1. The van der Waals surface area contributed by atoms with Crippen molar-refractivity contribution in [2.75, 3.05) is 32.7 Å². The minimum absolute atomic E-state index is 0.0758. The van der Waals surface area contributed by atoms with Crippen molar-refractivity contribution in [1.82, 2.24) is 0 Å². The zero-order valence-corrected chi connectivity index (χ0v) is 13.5. The lowest BCUT2D eigenvalue weighted by molar-refractivity contribution is 0.0693. The van der Waals surface area contributed by atoms with Crippen LogP contribution in [0.1, 0.15) is 16.8 Å². The largest absolute Gasteiger partial charge is 0.478 e. The van der Waals surface area contributed by atoms with E-state index in [9.17, 15) is 9.00 Å². The number of halogens is 1. The smallest absolute Gasteiger partial charge is 0.336 e. The molecule has 20 heavy (non-hydrogen) atoms. The first-order valence-corrected chi connectivity index (χ1v) is 8.15. The van der Waals surface area contributed by atoms with E-state index >= 15 is 0 Å². The fourth-order valence-electron chi connectivity index (χ4n) is 1.51. The van der Waals surface area contributed by atoms with E-state index in [0.717, 1.165) is 0 Å². The van der Waals surface area contributed by atoms with E-state index in [1.54, 1.807) is 19.2 Å². The highest BCUT2D eigenvalue weighted by atomic mass is 79.9. The van der Waals surface area contributed by atoms with Crippen molar-refractivity contribution in [1.29, 1.82) is 0 Å². The molecule has 0 aliphatic rings. The third-order valence-electron chi connectivity index (χ3n) is 2.47. The molecule has 0 aliphatic heterocycles. The summed E-state index contributed by atoms with van der Waals surface area (Å²) in [6.07, 6.45) is 0.599. The molecule has 112 valence electrons. The fraction of sp³-hybridized carbons (Fsp3) is 0.462. The predicted molar refractivity (Wildman–Crippen MR) is 79.7 cm³/mol. The zero-order chi connectivity index (χ0) is 15.0. The molecular formula is C13H17BrO5S. The molecule has 5 nitrogen and oxygen atoms in total. The third kappa shape index (κ3) is 5.70. The van der Waals surface area contributed by atoms with Crippen molar-refractivity contribution >= 4 is 32.7 Å². The van der Waals surface area contributed by atoms with E-state index < -0.39 is 16.8 Å². The first-order valence-electron chi connectivity index (χ1n) is 6.04. The van der Waals surface area contributed by atoms with E-state index in [2.05, 4.69) is 15.9 Å². The van der Waals surface area contributed by atoms with Gasteiger partial charge in [0.05, 0.1) is 34.5 Å². The van der Waals surface area contributed by atoms with Gasteiger partial charge in [0, 0.05) is 23.9 Å². The van der Waals surface area contributed by atoms with Gasteiger partial charge in [0.15, 0.2) is 0 Å². The Hall–Kier alpha value is -0.760. The number of methoxy groups -OCH3 is 1. The molecule has 0 aromatic heterocycles. The molecule has 1 aromatic rings. The topological polar surface area (TPSA) is 72.8 Å². The summed E-state index contributed by atoms with van der Waals surface area (Å²) in [6, 6.07) is 4.66. The van der Waals surface area contributed by atoms with Gasteiger partial charge in [-0.05, 0) is 24.6 Å². The van der Waals surface area contributed by atoms with Crippen molar-refractivity contribution in [3.8, 4) is 0 Å². The molecular weight excluding hydrogens is 348 g/mol. The Bertz CT molecular complexity index is 478. The van der Waals surface area contributed by atoms with Gasteiger partial charge in [0.25, 0.3) is 0 Å². The molecule has 0 amide bonds. The first-order chi connectivity index (χ1) is 9.56. The maximum atomic E-state index is 12.2. The molecule has 1 N–H and O–H groups in total. The summed E-state index contributed by atoms with van der Waals surface area (Å²) in [5.41, 5.74) is 0.0758. The lowest BCUT2D eigenvalue weighted by Crippen LogP contribution is -2.09. The lowest BCUT2D eigenvalue weighted by atomic mass is 10.2. The Balaban J connectivity index is 2.54. The molecule has 0 radical (unpaired) electrons. The number of hydrogen-bond donors (Lipinski definition) is 1. The normalized spacial score (nSPS) is 12.3. The average Bonchev–Trinajstić information content (AvgIpc) is 2.42. The lowest BCUT2D eigenvalue weighted by Gasteiger charge is -2.07. The number of benzene rings is 1. The molecule has 0 saturated heterocycles. The number of aromatic carboxylic acids is 1. The van der Waals surface area contributed by atoms with E-state index in [-0.39, 0.29) is 5.56 Å². The van der Waals surface area contributed by atoms with Crippen LogP contribution in [0.2, 0.25) is 0 Å². The molecule has 0 bridgehead atoms. The molecule has 0 spiro atoms. The Morgan fingerprint density at radius 1 is 1.35 bits per heavy atom. The molecule has 1 atom stereocenters. The average molecular weight is 365 g/mol. The van der Waals surface area contributed by atoms with Gasteiger partial charge in [-0.3, -0.25) is 4.21 Å². The maximum absolute atomic E-state index is 12.2. The monoisotopic (exact) mass is 364 g/mol. The van der Waals surface area contributed by atoms with Gasteiger partial charge in [-0.15, -0.1) is 0 Å². The van der Waals surface area contributed by atoms with Crippen LogP contribution in [-0.4, -0.2) is 48.0 Å². The first kappa shape index (κ1) is 17.3. The summed E-state index contributed by atoms with van der Waals surface area (Å²) < 4.78 is 23.0. The fourth-order valence-corrected chi connectivity index (χ4v) is 3.28. The summed E-state index contributed by atoms with van der Waals surface area (Å²) in [5.74, 6) is -0.707. The number of hydrogen-bond acceptors (Lipinski definition) is 4. The molecule has 0 aliphatic carbocycles. The molecule has 0 fully saturated rings. The predicted octanol–water partition coefficient (Wildman–Crippen LogP) is 2.31. The van der Waals surface area contributed by atoms with Crippen molar-refractivity contribution in [3.05, 3.63) is 28.2 Å². The van der Waals surface area contributed by atoms with Gasteiger partial charge in [-0.1, -0.05) is 15.9 Å². The Morgan fingerprint density at radius 2 is 2.10 bits per heavy atom. The number of ether oxygens (including phenoxy) is 2. The second-order valence-electron chi connectivity index (χ2n) is 3.95. The number of carboxylic acids is 1. The molecule has 0 heterocycles. The molecule has 0 saturated carbocycles. The standard InChI is InChI=1S/C13H17BrO5S/c1-18-6-7-19-5-2-8-20(17)12-9-10(14)3-4-11(12)13(15)16/h3-4,9H,2,5-8H2,1H3,(H,15,16). The van der Waals surface area contributed by atoms with Gasteiger partial charge in [0.1, 0.15) is 0 Å². The summed E-state index contributed by atoms with van der Waals surface area (Å²) in [5, 5.41) is 9.09. The highest BCUT2D eigenvalue weighted by Gasteiger charge is 2.15. The van der Waals surface area contributed by atoms with Crippen LogP contribution in [-0.2, 0) is 20.3 Å².